The van der Waals surface area contributed by atoms with Crippen molar-refractivity contribution in [3.05, 3.63) is 16.1 Å². The van der Waals surface area contributed by atoms with Gasteiger partial charge in [-0.1, -0.05) is 19.3 Å². The largest absolute Gasteiger partial charge is 0.334 e. The van der Waals surface area contributed by atoms with Gasteiger partial charge in [-0.2, -0.15) is 0 Å². The third-order valence-electron chi connectivity index (χ3n) is 4.59. The Morgan fingerprint density at radius 1 is 1.26 bits per heavy atom. The fraction of sp³-hybridized carbons (Fsp3) is 0.733. The zero-order valence-electron chi connectivity index (χ0n) is 11.6. The summed E-state index contributed by atoms with van der Waals surface area (Å²) in [6, 6.07) is 0.481. The van der Waals surface area contributed by atoms with Crippen molar-refractivity contribution in [3.63, 3.8) is 0 Å². The molecule has 1 aromatic rings. The first-order valence-corrected chi connectivity index (χ1v) is 8.37. The fourth-order valence-electron chi connectivity index (χ4n) is 3.66. The molecule has 104 valence electrons. The summed E-state index contributed by atoms with van der Waals surface area (Å²) < 4.78 is 0. The van der Waals surface area contributed by atoms with Gasteiger partial charge >= 0.3 is 0 Å². The first kappa shape index (κ1) is 13.1. The van der Waals surface area contributed by atoms with Crippen molar-refractivity contribution in [2.45, 2.75) is 57.9 Å². The van der Waals surface area contributed by atoms with E-state index in [9.17, 15) is 4.79 Å². The van der Waals surface area contributed by atoms with Crippen molar-refractivity contribution in [1.82, 2.24) is 9.88 Å². The maximum atomic E-state index is 12.6. The molecule has 2 aliphatic rings. The Kier molecular flexibility index (Phi) is 3.87. The van der Waals surface area contributed by atoms with Gasteiger partial charge in [0.1, 0.15) is 5.69 Å². The third kappa shape index (κ3) is 2.69. The van der Waals surface area contributed by atoms with Crippen LogP contribution in [0.25, 0.3) is 0 Å². The fourth-order valence-corrected chi connectivity index (χ4v) is 4.25. The van der Waals surface area contributed by atoms with Crippen molar-refractivity contribution in [1.29, 1.82) is 0 Å². The summed E-state index contributed by atoms with van der Waals surface area (Å²) in [6.45, 7) is 2.89. The number of carbonyl (C=O) groups excluding carboxylic acids is 1. The molecule has 3 rings (SSSR count). The number of aromatic nitrogens is 1. The molecule has 1 aliphatic heterocycles. The summed E-state index contributed by atoms with van der Waals surface area (Å²) >= 11 is 1.57. The lowest BCUT2D eigenvalue weighted by Gasteiger charge is -2.33. The van der Waals surface area contributed by atoms with Gasteiger partial charge in [0.25, 0.3) is 5.91 Å². The van der Waals surface area contributed by atoms with Crippen molar-refractivity contribution in [3.8, 4) is 0 Å². The Hall–Kier alpha value is -0.900. The Bertz CT molecular complexity index is 451. The maximum absolute atomic E-state index is 12.6. The minimum Gasteiger partial charge on any atom is -0.334 e. The second-order valence-electron chi connectivity index (χ2n) is 5.86. The third-order valence-corrected chi connectivity index (χ3v) is 5.37. The van der Waals surface area contributed by atoms with Gasteiger partial charge in [-0.05, 0) is 38.5 Å². The van der Waals surface area contributed by atoms with E-state index in [0.29, 0.717) is 11.7 Å². The molecule has 1 aromatic heterocycles. The highest BCUT2D eigenvalue weighted by Gasteiger charge is 2.36. The van der Waals surface area contributed by atoms with E-state index in [2.05, 4.69) is 9.88 Å². The van der Waals surface area contributed by atoms with E-state index in [1.807, 2.05) is 12.3 Å². The van der Waals surface area contributed by atoms with E-state index in [1.54, 1.807) is 11.3 Å². The smallest absolute Gasteiger partial charge is 0.273 e. The second kappa shape index (κ2) is 5.61. The highest BCUT2D eigenvalue weighted by Crippen LogP contribution is 2.35. The van der Waals surface area contributed by atoms with Crippen LogP contribution in [0.2, 0.25) is 0 Å². The zero-order chi connectivity index (χ0) is 13.2. The van der Waals surface area contributed by atoms with Gasteiger partial charge in [0.15, 0.2) is 0 Å². The van der Waals surface area contributed by atoms with E-state index in [1.165, 1.54) is 38.5 Å². The normalized spacial score (nSPS) is 24.9. The number of carbonyl (C=O) groups is 1. The van der Waals surface area contributed by atoms with Gasteiger partial charge in [-0.15, -0.1) is 11.3 Å². The number of rotatable bonds is 2. The highest BCUT2D eigenvalue weighted by atomic mass is 32.1. The van der Waals surface area contributed by atoms with Crippen LogP contribution in [0.1, 0.15) is 60.4 Å². The lowest BCUT2D eigenvalue weighted by Crippen LogP contribution is -2.40. The number of nitrogens with zero attached hydrogens (tertiary/aromatic N) is 2. The minimum atomic E-state index is 0.164. The molecule has 4 heteroatoms. The van der Waals surface area contributed by atoms with Crippen LogP contribution in [-0.4, -0.2) is 28.4 Å². The molecule has 1 saturated heterocycles. The van der Waals surface area contributed by atoms with Crippen molar-refractivity contribution < 1.29 is 4.79 Å². The van der Waals surface area contributed by atoms with Crippen LogP contribution in [0.5, 0.6) is 0 Å². The van der Waals surface area contributed by atoms with Gasteiger partial charge in [-0.25, -0.2) is 4.98 Å². The molecule has 2 heterocycles. The van der Waals surface area contributed by atoms with Gasteiger partial charge < -0.3 is 4.90 Å². The van der Waals surface area contributed by atoms with E-state index < -0.39 is 0 Å². The average Bonchev–Trinajstić information content (AvgIpc) is 3.07. The summed E-state index contributed by atoms with van der Waals surface area (Å²) in [5, 5.41) is 2.89. The van der Waals surface area contributed by atoms with Crippen molar-refractivity contribution in [2.24, 2.45) is 5.92 Å². The second-order valence-corrected chi connectivity index (χ2v) is 6.92. The molecule has 1 aliphatic carbocycles. The van der Waals surface area contributed by atoms with Crippen molar-refractivity contribution >= 4 is 17.2 Å². The van der Waals surface area contributed by atoms with Gasteiger partial charge in [0.05, 0.1) is 5.01 Å². The number of likely N-dealkylation sites (tertiary alicyclic amines) is 1. The van der Waals surface area contributed by atoms with Crippen LogP contribution in [0, 0.1) is 12.8 Å². The Balaban J connectivity index is 1.73. The molecular weight excluding hydrogens is 256 g/mol. The summed E-state index contributed by atoms with van der Waals surface area (Å²) in [4.78, 5) is 19.1. The monoisotopic (exact) mass is 278 g/mol. The molecule has 3 nitrogen and oxygen atoms in total. The number of hydrogen-bond acceptors (Lipinski definition) is 3. The predicted octanol–water partition coefficient (Wildman–Crippen LogP) is 3.64. The van der Waals surface area contributed by atoms with E-state index in [4.69, 9.17) is 0 Å². The summed E-state index contributed by atoms with van der Waals surface area (Å²) in [5.74, 6) is 0.900. The standard InChI is InChI=1S/C15H22N2OS/c1-11-16-13(10-19-11)15(18)17-9-5-8-14(17)12-6-3-2-4-7-12/h10,12,14H,2-9H2,1H3. The average molecular weight is 278 g/mol. The van der Waals surface area contributed by atoms with Gasteiger partial charge in [0, 0.05) is 18.0 Å². The maximum Gasteiger partial charge on any atom is 0.273 e. The van der Waals surface area contributed by atoms with Crippen LogP contribution >= 0.6 is 11.3 Å². The summed E-state index contributed by atoms with van der Waals surface area (Å²) in [7, 11) is 0. The number of amides is 1. The Labute approximate surface area is 119 Å². The predicted molar refractivity (Wildman–Crippen MR) is 77.5 cm³/mol. The number of hydrogen-bond donors (Lipinski definition) is 0. The molecule has 1 saturated carbocycles. The first-order chi connectivity index (χ1) is 9.25. The molecule has 1 atom stereocenters. The molecule has 0 spiro atoms. The quantitative estimate of drug-likeness (QED) is 0.827. The van der Waals surface area contributed by atoms with Gasteiger partial charge in [0.2, 0.25) is 0 Å². The van der Waals surface area contributed by atoms with Crippen LogP contribution in [0.15, 0.2) is 5.38 Å². The van der Waals surface area contributed by atoms with Crippen LogP contribution in [0.3, 0.4) is 0 Å². The molecule has 0 bridgehead atoms. The summed E-state index contributed by atoms with van der Waals surface area (Å²) in [6.07, 6.45) is 9.05. The zero-order valence-corrected chi connectivity index (χ0v) is 12.4. The van der Waals surface area contributed by atoms with Crippen LogP contribution in [-0.2, 0) is 0 Å². The molecule has 0 radical (unpaired) electrons. The van der Waals surface area contributed by atoms with E-state index in [0.717, 1.165) is 23.9 Å². The van der Waals surface area contributed by atoms with Gasteiger partial charge in [-0.3, -0.25) is 4.79 Å². The van der Waals surface area contributed by atoms with Crippen LogP contribution < -0.4 is 0 Å². The number of thiazole rings is 1. The Morgan fingerprint density at radius 3 is 2.74 bits per heavy atom. The van der Waals surface area contributed by atoms with Crippen molar-refractivity contribution in [2.75, 3.05) is 6.54 Å². The molecule has 0 aromatic carbocycles. The van der Waals surface area contributed by atoms with Crippen LogP contribution in [0.4, 0.5) is 0 Å². The minimum absolute atomic E-state index is 0.164. The first-order valence-electron chi connectivity index (χ1n) is 7.49. The molecule has 19 heavy (non-hydrogen) atoms. The number of aryl methyl sites for hydroxylation is 1. The topological polar surface area (TPSA) is 33.2 Å². The molecule has 0 N–H and O–H groups in total. The lowest BCUT2D eigenvalue weighted by atomic mass is 9.83. The highest BCUT2D eigenvalue weighted by molar-refractivity contribution is 7.09. The summed E-state index contributed by atoms with van der Waals surface area (Å²) in [5.41, 5.74) is 0.658. The molecule has 2 fully saturated rings. The lowest BCUT2D eigenvalue weighted by molar-refractivity contribution is 0.0656. The molecule has 1 unspecified atom stereocenters. The van der Waals surface area contributed by atoms with E-state index >= 15 is 0 Å². The molecular formula is C15H22N2OS. The molecule has 1 amide bonds. The SMILES string of the molecule is Cc1nc(C(=O)N2CCCC2C2CCCCC2)cs1. The van der Waals surface area contributed by atoms with E-state index in [-0.39, 0.29) is 5.91 Å². The Morgan fingerprint density at radius 2 is 2.05 bits per heavy atom.